The van der Waals surface area contributed by atoms with E-state index in [0.717, 1.165) is 30.6 Å². The lowest BCUT2D eigenvalue weighted by Gasteiger charge is -2.21. The highest BCUT2D eigenvalue weighted by Gasteiger charge is 2.18. The van der Waals surface area contributed by atoms with Crippen molar-refractivity contribution >= 4 is 5.91 Å². The molecule has 1 atom stereocenters. The van der Waals surface area contributed by atoms with E-state index < -0.39 is 0 Å². The van der Waals surface area contributed by atoms with Crippen LogP contribution in [0.5, 0.6) is 0 Å². The molecule has 1 aromatic heterocycles. The number of pyridine rings is 1. The fourth-order valence-electron chi connectivity index (χ4n) is 2.73. The summed E-state index contributed by atoms with van der Waals surface area (Å²) in [5, 5.41) is 6.40. The van der Waals surface area contributed by atoms with Crippen molar-refractivity contribution in [3.63, 3.8) is 0 Å². The second-order valence-electron chi connectivity index (χ2n) is 5.35. The summed E-state index contributed by atoms with van der Waals surface area (Å²) in [6.45, 7) is 3.75. The van der Waals surface area contributed by atoms with E-state index in [2.05, 4.69) is 21.7 Å². The number of aromatic nitrogens is 1. The van der Waals surface area contributed by atoms with E-state index in [0.29, 0.717) is 0 Å². The smallest absolute Gasteiger partial charge is 0.252 e. The van der Waals surface area contributed by atoms with Gasteiger partial charge in [0.05, 0.1) is 6.04 Å². The molecule has 2 N–H and O–H groups in total. The first-order chi connectivity index (χ1) is 10.3. The standard InChI is InChI=1S/C17H19N3O/c1-12(13-5-3-8-18-10-13)20-17(21)16-6-2-4-14-11-19-9-7-15(14)16/h2-6,8,10,12,19H,7,9,11H2,1H3,(H,20,21)/t12-/m0/s1. The minimum absolute atomic E-state index is 0.00916. The fourth-order valence-corrected chi connectivity index (χ4v) is 2.73. The summed E-state index contributed by atoms with van der Waals surface area (Å²) in [6, 6.07) is 9.76. The van der Waals surface area contributed by atoms with Crippen molar-refractivity contribution in [2.75, 3.05) is 6.54 Å². The van der Waals surface area contributed by atoms with E-state index >= 15 is 0 Å². The summed E-state index contributed by atoms with van der Waals surface area (Å²) in [5.41, 5.74) is 4.21. The van der Waals surface area contributed by atoms with Crippen LogP contribution in [0, 0.1) is 0 Å². The van der Waals surface area contributed by atoms with Crippen LogP contribution in [0.4, 0.5) is 0 Å². The van der Waals surface area contributed by atoms with Gasteiger partial charge in [-0.1, -0.05) is 18.2 Å². The average molecular weight is 281 g/mol. The predicted molar refractivity (Wildman–Crippen MR) is 82.0 cm³/mol. The molecule has 0 fully saturated rings. The first-order valence-corrected chi connectivity index (χ1v) is 7.28. The number of nitrogens with zero attached hydrogens (tertiary/aromatic N) is 1. The van der Waals surface area contributed by atoms with Crippen molar-refractivity contribution in [1.29, 1.82) is 0 Å². The Morgan fingerprint density at radius 3 is 3.05 bits per heavy atom. The summed E-state index contributed by atoms with van der Waals surface area (Å²) >= 11 is 0. The lowest BCUT2D eigenvalue weighted by Crippen LogP contribution is -2.30. The number of fused-ring (bicyclic) bond motifs is 1. The Balaban J connectivity index is 1.80. The van der Waals surface area contributed by atoms with E-state index in [1.165, 1.54) is 11.1 Å². The predicted octanol–water partition coefficient (Wildman–Crippen LogP) is 2.22. The van der Waals surface area contributed by atoms with Crippen molar-refractivity contribution in [2.24, 2.45) is 0 Å². The summed E-state index contributed by atoms with van der Waals surface area (Å²) in [6.07, 6.45) is 4.42. The minimum atomic E-state index is -0.0521. The van der Waals surface area contributed by atoms with Crippen molar-refractivity contribution in [1.82, 2.24) is 15.6 Å². The second-order valence-corrected chi connectivity index (χ2v) is 5.35. The SMILES string of the molecule is C[C@H](NC(=O)c1cccc2c1CCNC2)c1cccnc1. The van der Waals surface area contributed by atoms with Gasteiger partial charge < -0.3 is 10.6 Å². The van der Waals surface area contributed by atoms with E-state index in [1.54, 1.807) is 12.4 Å². The monoisotopic (exact) mass is 281 g/mol. The maximum atomic E-state index is 12.5. The number of rotatable bonds is 3. The van der Waals surface area contributed by atoms with Crippen LogP contribution < -0.4 is 10.6 Å². The number of carbonyl (C=O) groups is 1. The normalized spacial score (nSPS) is 15.1. The molecule has 108 valence electrons. The molecule has 1 aliphatic heterocycles. The van der Waals surface area contributed by atoms with Crippen LogP contribution in [0.3, 0.4) is 0 Å². The molecule has 0 radical (unpaired) electrons. The summed E-state index contributed by atoms with van der Waals surface area (Å²) in [4.78, 5) is 16.6. The molecular formula is C17H19N3O. The molecule has 4 heteroatoms. The molecule has 21 heavy (non-hydrogen) atoms. The first kappa shape index (κ1) is 13.8. The molecule has 0 saturated heterocycles. The molecule has 0 spiro atoms. The quantitative estimate of drug-likeness (QED) is 0.907. The average Bonchev–Trinajstić information content (AvgIpc) is 2.55. The van der Waals surface area contributed by atoms with Crippen molar-refractivity contribution in [2.45, 2.75) is 25.9 Å². The molecule has 2 aromatic rings. The molecule has 1 aliphatic rings. The maximum Gasteiger partial charge on any atom is 0.252 e. The zero-order valence-electron chi connectivity index (χ0n) is 12.1. The topological polar surface area (TPSA) is 54.0 Å². The van der Waals surface area contributed by atoms with Gasteiger partial charge >= 0.3 is 0 Å². The molecule has 2 heterocycles. The van der Waals surface area contributed by atoms with Gasteiger partial charge in [0.2, 0.25) is 0 Å². The van der Waals surface area contributed by atoms with Crippen molar-refractivity contribution in [3.8, 4) is 0 Å². The van der Waals surface area contributed by atoms with Crippen LogP contribution in [0.25, 0.3) is 0 Å². The van der Waals surface area contributed by atoms with E-state index in [9.17, 15) is 4.79 Å². The minimum Gasteiger partial charge on any atom is -0.345 e. The summed E-state index contributed by atoms with van der Waals surface area (Å²) < 4.78 is 0. The Morgan fingerprint density at radius 1 is 1.33 bits per heavy atom. The van der Waals surface area contributed by atoms with Gasteiger partial charge in [-0.05, 0) is 48.7 Å². The highest BCUT2D eigenvalue weighted by molar-refractivity contribution is 5.96. The number of carbonyl (C=O) groups excluding carboxylic acids is 1. The largest absolute Gasteiger partial charge is 0.345 e. The second kappa shape index (κ2) is 6.06. The van der Waals surface area contributed by atoms with Crippen LogP contribution in [0.2, 0.25) is 0 Å². The molecule has 0 bridgehead atoms. The summed E-state index contributed by atoms with van der Waals surface area (Å²) in [5.74, 6) is -0.00916. The third-order valence-electron chi connectivity index (χ3n) is 3.92. The van der Waals surface area contributed by atoms with Gasteiger partial charge in [-0.3, -0.25) is 9.78 Å². The van der Waals surface area contributed by atoms with Gasteiger partial charge in [0.25, 0.3) is 5.91 Å². The number of nitrogens with one attached hydrogen (secondary N) is 2. The Hall–Kier alpha value is -2.20. The molecule has 0 aliphatic carbocycles. The maximum absolute atomic E-state index is 12.5. The molecule has 0 unspecified atom stereocenters. The van der Waals surface area contributed by atoms with Crippen LogP contribution in [-0.4, -0.2) is 17.4 Å². The zero-order chi connectivity index (χ0) is 14.7. The van der Waals surface area contributed by atoms with Crippen molar-refractivity contribution < 1.29 is 4.79 Å². The van der Waals surface area contributed by atoms with E-state index in [-0.39, 0.29) is 11.9 Å². The van der Waals surface area contributed by atoms with E-state index in [4.69, 9.17) is 0 Å². The lowest BCUT2D eigenvalue weighted by atomic mass is 9.95. The molecular weight excluding hydrogens is 262 g/mol. The fraction of sp³-hybridized carbons (Fsp3) is 0.294. The first-order valence-electron chi connectivity index (χ1n) is 7.28. The van der Waals surface area contributed by atoms with Gasteiger partial charge in [-0.15, -0.1) is 0 Å². The van der Waals surface area contributed by atoms with Crippen LogP contribution >= 0.6 is 0 Å². The molecule has 3 rings (SSSR count). The van der Waals surface area contributed by atoms with Crippen LogP contribution in [0.1, 0.15) is 40.0 Å². The van der Waals surface area contributed by atoms with Gasteiger partial charge in [-0.25, -0.2) is 0 Å². The van der Waals surface area contributed by atoms with Gasteiger partial charge in [-0.2, -0.15) is 0 Å². The number of hydrogen-bond donors (Lipinski definition) is 2. The third kappa shape index (κ3) is 2.95. The lowest BCUT2D eigenvalue weighted by molar-refractivity contribution is 0.0938. The van der Waals surface area contributed by atoms with Crippen LogP contribution in [0.15, 0.2) is 42.7 Å². The van der Waals surface area contributed by atoms with Crippen molar-refractivity contribution in [3.05, 3.63) is 65.0 Å². The number of benzene rings is 1. The highest BCUT2D eigenvalue weighted by Crippen LogP contribution is 2.20. The number of hydrogen-bond acceptors (Lipinski definition) is 3. The Kier molecular flexibility index (Phi) is 3.97. The molecule has 0 saturated carbocycles. The van der Waals surface area contributed by atoms with Gasteiger partial charge in [0, 0.05) is 24.5 Å². The van der Waals surface area contributed by atoms with Gasteiger partial charge in [0.1, 0.15) is 0 Å². The van der Waals surface area contributed by atoms with Gasteiger partial charge in [0.15, 0.2) is 0 Å². The van der Waals surface area contributed by atoms with E-state index in [1.807, 2.05) is 31.2 Å². The Labute approximate surface area is 124 Å². The molecule has 1 aromatic carbocycles. The zero-order valence-corrected chi connectivity index (χ0v) is 12.1. The number of amides is 1. The summed E-state index contributed by atoms with van der Waals surface area (Å²) in [7, 11) is 0. The Morgan fingerprint density at radius 2 is 2.24 bits per heavy atom. The highest BCUT2D eigenvalue weighted by atomic mass is 16.1. The molecule has 1 amide bonds. The molecule has 4 nitrogen and oxygen atoms in total. The Bertz CT molecular complexity index is 640. The van der Waals surface area contributed by atoms with Crippen LogP contribution in [-0.2, 0) is 13.0 Å². The third-order valence-corrected chi connectivity index (χ3v) is 3.92.